The van der Waals surface area contributed by atoms with Gasteiger partial charge in [0.05, 0.1) is 22.1 Å². The average Bonchev–Trinajstić information content (AvgIpc) is 1.84. The molecule has 0 aromatic carbocycles. The van der Waals surface area contributed by atoms with E-state index < -0.39 is 0 Å². The van der Waals surface area contributed by atoms with Crippen LogP contribution in [0.5, 0.6) is 0 Å². The maximum Gasteiger partial charge on any atom is 0.0982 e. The van der Waals surface area contributed by atoms with Crippen molar-refractivity contribution in [1.29, 1.82) is 0 Å². The van der Waals surface area contributed by atoms with Crippen molar-refractivity contribution in [3.8, 4) is 0 Å². The molecule has 2 nitrogen and oxygen atoms in total. The van der Waals surface area contributed by atoms with Crippen LogP contribution in [0, 0.1) is 0 Å². The standard InChI is InChI=1S/C6H10N2S2/c1-3-5(9)8-4(2)6(10)7-3/h3-4H,1-2H3,(H,7,10)(H,8,9)/t3-,4+. The molecule has 0 amide bonds. The molecule has 1 aliphatic heterocycles. The third-order valence-corrected chi connectivity index (χ3v) is 2.45. The van der Waals surface area contributed by atoms with Crippen molar-refractivity contribution in [2.75, 3.05) is 0 Å². The lowest BCUT2D eigenvalue weighted by molar-refractivity contribution is 0.703. The first-order chi connectivity index (χ1) is 4.61. The maximum absolute atomic E-state index is 5.03. The molecule has 0 spiro atoms. The molecule has 1 aliphatic rings. The lowest BCUT2D eigenvalue weighted by Gasteiger charge is -2.29. The van der Waals surface area contributed by atoms with Crippen LogP contribution >= 0.6 is 24.4 Å². The van der Waals surface area contributed by atoms with Crippen LogP contribution in [0.2, 0.25) is 0 Å². The van der Waals surface area contributed by atoms with E-state index in [9.17, 15) is 0 Å². The van der Waals surface area contributed by atoms with Crippen LogP contribution in [0.15, 0.2) is 0 Å². The number of hydrogen-bond donors (Lipinski definition) is 2. The Kier molecular flexibility index (Phi) is 2.21. The summed E-state index contributed by atoms with van der Waals surface area (Å²) in [7, 11) is 0. The van der Waals surface area contributed by atoms with Crippen molar-refractivity contribution in [2.45, 2.75) is 25.9 Å². The molecular weight excluding hydrogens is 164 g/mol. The quantitative estimate of drug-likeness (QED) is 0.526. The van der Waals surface area contributed by atoms with Crippen LogP contribution in [0.4, 0.5) is 0 Å². The predicted octanol–water partition coefficient (Wildman–Crippen LogP) is 0.611. The molecule has 1 rings (SSSR count). The minimum Gasteiger partial charge on any atom is -0.369 e. The Morgan fingerprint density at radius 3 is 1.60 bits per heavy atom. The summed E-state index contributed by atoms with van der Waals surface area (Å²) in [6.45, 7) is 3.99. The molecular formula is C6H10N2S2. The lowest BCUT2D eigenvalue weighted by Crippen LogP contribution is -2.57. The zero-order chi connectivity index (χ0) is 7.72. The Hall–Kier alpha value is -0.220. The fourth-order valence-corrected chi connectivity index (χ4v) is 1.28. The van der Waals surface area contributed by atoms with E-state index in [1.807, 2.05) is 13.8 Å². The number of nitrogens with one attached hydrogen (secondary N) is 2. The molecule has 2 atom stereocenters. The van der Waals surface area contributed by atoms with Crippen LogP contribution in [0.25, 0.3) is 0 Å². The Morgan fingerprint density at radius 2 is 1.30 bits per heavy atom. The second kappa shape index (κ2) is 2.80. The highest BCUT2D eigenvalue weighted by atomic mass is 32.1. The molecule has 0 aromatic heterocycles. The number of piperazine rings is 1. The van der Waals surface area contributed by atoms with Gasteiger partial charge >= 0.3 is 0 Å². The summed E-state index contributed by atoms with van der Waals surface area (Å²) in [5.41, 5.74) is 0. The average molecular weight is 174 g/mol. The van der Waals surface area contributed by atoms with E-state index in [0.29, 0.717) is 0 Å². The second-order valence-corrected chi connectivity index (χ2v) is 3.34. The highest BCUT2D eigenvalue weighted by Crippen LogP contribution is 1.98. The van der Waals surface area contributed by atoms with Gasteiger partial charge in [-0.3, -0.25) is 0 Å². The molecule has 0 bridgehead atoms. The van der Waals surface area contributed by atoms with E-state index in [2.05, 4.69) is 10.6 Å². The van der Waals surface area contributed by atoms with Crippen molar-refractivity contribution >= 4 is 34.4 Å². The fourth-order valence-electron chi connectivity index (χ4n) is 0.808. The molecule has 0 aliphatic carbocycles. The molecule has 56 valence electrons. The van der Waals surface area contributed by atoms with E-state index >= 15 is 0 Å². The van der Waals surface area contributed by atoms with Crippen LogP contribution < -0.4 is 10.6 Å². The lowest BCUT2D eigenvalue weighted by atomic mass is 10.2. The summed E-state index contributed by atoms with van der Waals surface area (Å²) in [5.74, 6) is 0. The van der Waals surface area contributed by atoms with E-state index in [1.54, 1.807) is 0 Å². The van der Waals surface area contributed by atoms with Crippen LogP contribution in [0.1, 0.15) is 13.8 Å². The Morgan fingerprint density at radius 1 is 1.00 bits per heavy atom. The van der Waals surface area contributed by atoms with Crippen molar-refractivity contribution in [3.05, 3.63) is 0 Å². The van der Waals surface area contributed by atoms with Crippen LogP contribution in [-0.2, 0) is 0 Å². The molecule has 10 heavy (non-hydrogen) atoms. The minimum atomic E-state index is 0.193. The maximum atomic E-state index is 5.03. The second-order valence-electron chi connectivity index (χ2n) is 2.46. The summed E-state index contributed by atoms with van der Waals surface area (Å²) in [6, 6.07) is 0.386. The fraction of sp³-hybridized carbons (Fsp3) is 0.667. The van der Waals surface area contributed by atoms with Gasteiger partial charge in [-0.25, -0.2) is 0 Å². The van der Waals surface area contributed by atoms with E-state index in [-0.39, 0.29) is 12.1 Å². The largest absolute Gasteiger partial charge is 0.369 e. The zero-order valence-electron chi connectivity index (χ0n) is 5.97. The van der Waals surface area contributed by atoms with Gasteiger partial charge in [-0.1, -0.05) is 24.4 Å². The van der Waals surface area contributed by atoms with E-state index in [4.69, 9.17) is 24.4 Å². The molecule has 0 saturated carbocycles. The van der Waals surface area contributed by atoms with Gasteiger partial charge in [0.15, 0.2) is 0 Å². The summed E-state index contributed by atoms with van der Waals surface area (Å²) in [4.78, 5) is 1.70. The highest BCUT2D eigenvalue weighted by Gasteiger charge is 2.21. The molecule has 0 unspecified atom stereocenters. The Labute approximate surface area is 71.4 Å². The van der Waals surface area contributed by atoms with Crippen LogP contribution in [0.3, 0.4) is 0 Å². The minimum absolute atomic E-state index is 0.193. The summed E-state index contributed by atoms with van der Waals surface area (Å²) in [5, 5.41) is 6.21. The zero-order valence-corrected chi connectivity index (χ0v) is 7.60. The SMILES string of the molecule is C[C@@H]1NC(=S)[C@@H](C)NC1=S. The normalized spacial score (nSPS) is 33.0. The van der Waals surface area contributed by atoms with Crippen molar-refractivity contribution in [1.82, 2.24) is 10.6 Å². The van der Waals surface area contributed by atoms with Gasteiger partial charge in [-0.2, -0.15) is 0 Å². The van der Waals surface area contributed by atoms with E-state index in [0.717, 1.165) is 9.98 Å². The molecule has 2 N–H and O–H groups in total. The van der Waals surface area contributed by atoms with Gasteiger partial charge in [0.1, 0.15) is 0 Å². The monoisotopic (exact) mass is 174 g/mol. The van der Waals surface area contributed by atoms with Crippen LogP contribution in [-0.4, -0.2) is 22.1 Å². The summed E-state index contributed by atoms with van der Waals surface area (Å²) < 4.78 is 0. The summed E-state index contributed by atoms with van der Waals surface area (Å²) in [6.07, 6.45) is 0. The Balaban J connectivity index is 2.63. The predicted molar refractivity (Wildman–Crippen MR) is 50.4 cm³/mol. The third kappa shape index (κ3) is 1.44. The highest BCUT2D eigenvalue weighted by molar-refractivity contribution is 7.81. The Bertz CT molecular complexity index is 159. The number of rotatable bonds is 0. The number of thiocarbonyl (C=S) groups is 2. The van der Waals surface area contributed by atoms with Gasteiger partial charge in [0.2, 0.25) is 0 Å². The van der Waals surface area contributed by atoms with Gasteiger partial charge in [0.25, 0.3) is 0 Å². The number of hydrogen-bond acceptors (Lipinski definition) is 2. The smallest absolute Gasteiger partial charge is 0.0982 e. The van der Waals surface area contributed by atoms with Crippen molar-refractivity contribution in [2.24, 2.45) is 0 Å². The molecule has 4 heteroatoms. The molecule has 1 saturated heterocycles. The molecule has 1 fully saturated rings. The van der Waals surface area contributed by atoms with Crippen molar-refractivity contribution in [3.63, 3.8) is 0 Å². The topological polar surface area (TPSA) is 24.1 Å². The van der Waals surface area contributed by atoms with Gasteiger partial charge in [-0.15, -0.1) is 0 Å². The van der Waals surface area contributed by atoms with Gasteiger partial charge < -0.3 is 10.6 Å². The third-order valence-electron chi connectivity index (χ3n) is 1.50. The first-order valence-corrected chi connectivity index (χ1v) is 4.03. The molecule has 1 heterocycles. The van der Waals surface area contributed by atoms with Gasteiger partial charge in [0, 0.05) is 0 Å². The van der Waals surface area contributed by atoms with Crippen molar-refractivity contribution < 1.29 is 0 Å². The molecule has 0 radical (unpaired) electrons. The summed E-state index contributed by atoms with van der Waals surface area (Å²) >= 11 is 10.1. The van der Waals surface area contributed by atoms with E-state index in [1.165, 1.54) is 0 Å². The molecule has 0 aromatic rings. The van der Waals surface area contributed by atoms with Gasteiger partial charge in [-0.05, 0) is 13.8 Å². The first-order valence-electron chi connectivity index (χ1n) is 3.22. The first kappa shape index (κ1) is 7.88.